The van der Waals surface area contributed by atoms with E-state index in [1.54, 1.807) is 4.98 Å². The Labute approximate surface area is 117 Å². The van der Waals surface area contributed by atoms with Gasteiger partial charge in [0.25, 0.3) is 5.56 Å². The summed E-state index contributed by atoms with van der Waals surface area (Å²) < 4.78 is 26.7. The Morgan fingerprint density at radius 3 is 2.50 bits per heavy atom. The first-order chi connectivity index (χ1) is 9.12. The van der Waals surface area contributed by atoms with Crippen molar-refractivity contribution < 1.29 is 28.9 Å². The van der Waals surface area contributed by atoms with Crippen LogP contribution in [0.15, 0.2) is 20.3 Å². The fraction of sp³-hybridized carbons (Fsp3) is 0.444. The van der Waals surface area contributed by atoms with E-state index < -0.39 is 41.9 Å². The van der Waals surface area contributed by atoms with Crippen molar-refractivity contribution in [3.63, 3.8) is 0 Å². The number of rotatable bonds is 4. The lowest BCUT2D eigenvalue weighted by atomic mass is 10.1. The lowest BCUT2D eigenvalue weighted by molar-refractivity contribution is -0.136. The van der Waals surface area contributed by atoms with E-state index in [1.807, 2.05) is 0 Å². The summed E-state index contributed by atoms with van der Waals surface area (Å²) in [6.45, 7) is -1.21. The van der Waals surface area contributed by atoms with Crippen LogP contribution < -0.4 is 11.2 Å². The van der Waals surface area contributed by atoms with Gasteiger partial charge in [0.2, 0.25) is 0 Å². The molecule has 1 rings (SSSR count). The summed E-state index contributed by atoms with van der Waals surface area (Å²) in [6.07, 6.45) is -4.69. The topological polar surface area (TPSA) is 133 Å². The van der Waals surface area contributed by atoms with Gasteiger partial charge < -0.3 is 15.3 Å². The average Bonchev–Trinajstić information content (AvgIpc) is 2.40. The molecule has 4 N–H and O–H groups in total. The molecule has 0 aromatic carbocycles. The normalized spacial score (nSPS) is 14.9. The maximum atomic E-state index is 13.6. The number of nitrogens with one attached hydrogen (secondary N) is 1. The number of carbonyl (C=O) groups excluding carboxylic acids is 1. The van der Waals surface area contributed by atoms with Crippen LogP contribution in [0.1, 0.15) is 4.79 Å². The highest BCUT2D eigenvalue weighted by atomic mass is 79.9. The van der Waals surface area contributed by atoms with Crippen LogP contribution >= 0.6 is 15.9 Å². The summed E-state index contributed by atoms with van der Waals surface area (Å²) in [4.78, 5) is 35.4. The van der Waals surface area contributed by atoms with Crippen LogP contribution in [0.3, 0.4) is 0 Å². The van der Waals surface area contributed by atoms with Crippen LogP contribution in [0, 0.1) is 0 Å². The van der Waals surface area contributed by atoms with Crippen molar-refractivity contribution >= 4 is 21.8 Å². The number of carbonyl (C=O) groups is 1. The Hall–Kier alpha value is -1.43. The van der Waals surface area contributed by atoms with Gasteiger partial charge in [-0.3, -0.25) is 14.6 Å². The van der Waals surface area contributed by atoms with E-state index in [1.165, 1.54) is 0 Å². The van der Waals surface area contributed by atoms with Gasteiger partial charge in [0, 0.05) is 6.20 Å². The SMILES string of the molecule is O=C(n1cc(Br)c(=O)[nH]c1=O)C(F)(F)[C@H](O)[C@@H](O)CO. The van der Waals surface area contributed by atoms with Crippen LogP contribution in [0.4, 0.5) is 8.78 Å². The highest BCUT2D eigenvalue weighted by Gasteiger charge is 2.50. The molecule has 11 heteroatoms. The van der Waals surface area contributed by atoms with E-state index >= 15 is 0 Å². The summed E-state index contributed by atoms with van der Waals surface area (Å²) in [5.41, 5.74) is -2.37. The molecule has 0 bridgehead atoms. The van der Waals surface area contributed by atoms with E-state index in [0.717, 1.165) is 0 Å². The third kappa shape index (κ3) is 3.00. The van der Waals surface area contributed by atoms with Gasteiger partial charge in [-0.1, -0.05) is 0 Å². The van der Waals surface area contributed by atoms with Crippen LogP contribution in [0.2, 0.25) is 0 Å². The summed E-state index contributed by atoms with van der Waals surface area (Å²) in [7, 11) is 0. The molecular weight excluding hydrogens is 350 g/mol. The summed E-state index contributed by atoms with van der Waals surface area (Å²) in [5, 5.41) is 26.5. The third-order valence-corrected chi connectivity index (χ3v) is 2.89. The highest BCUT2D eigenvalue weighted by Crippen LogP contribution is 2.23. The van der Waals surface area contributed by atoms with Crippen LogP contribution in [0.25, 0.3) is 0 Å². The Kier molecular flexibility index (Phi) is 4.91. The van der Waals surface area contributed by atoms with Gasteiger partial charge in [0.1, 0.15) is 6.10 Å². The molecule has 112 valence electrons. The lowest BCUT2D eigenvalue weighted by Gasteiger charge is -2.24. The number of aromatic amines is 1. The number of halogens is 3. The van der Waals surface area contributed by atoms with E-state index in [4.69, 9.17) is 15.3 Å². The second-order valence-corrected chi connectivity index (χ2v) is 4.58. The first-order valence-electron chi connectivity index (χ1n) is 5.04. The first-order valence-corrected chi connectivity index (χ1v) is 5.83. The van der Waals surface area contributed by atoms with Crippen molar-refractivity contribution in [3.05, 3.63) is 31.5 Å². The molecule has 0 radical (unpaired) electrons. The van der Waals surface area contributed by atoms with Crippen molar-refractivity contribution in [2.24, 2.45) is 0 Å². The van der Waals surface area contributed by atoms with Crippen molar-refractivity contribution in [1.82, 2.24) is 9.55 Å². The predicted molar refractivity (Wildman–Crippen MR) is 63.7 cm³/mol. The van der Waals surface area contributed by atoms with Gasteiger partial charge >= 0.3 is 17.5 Å². The summed E-state index contributed by atoms with van der Waals surface area (Å²) in [6, 6.07) is 0. The number of aliphatic hydroxyl groups is 3. The number of aromatic nitrogens is 2. The Morgan fingerprint density at radius 1 is 1.45 bits per heavy atom. The van der Waals surface area contributed by atoms with E-state index in [9.17, 15) is 23.2 Å². The van der Waals surface area contributed by atoms with Crippen LogP contribution in [0.5, 0.6) is 0 Å². The number of H-pyrrole nitrogens is 1. The van der Waals surface area contributed by atoms with Gasteiger partial charge in [-0.05, 0) is 15.9 Å². The van der Waals surface area contributed by atoms with Crippen molar-refractivity contribution in [3.8, 4) is 0 Å². The molecule has 1 aromatic heterocycles. The summed E-state index contributed by atoms with van der Waals surface area (Å²) in [5.74, 6) is -6.72. The van der Waals surface area contributed by atoms with Gasteiger partial charge in [-0.25, -0.2) is 9.36 Å². The largest absolute Gasteiger partial charge is 0.394 e. The minimum atomic E-state index is -4.55. The quantitative estimate of drug-likeness (QED) is 0.506. The average molecular weight is 359 g/mol. The lowest BCUT2D eigenvalue weighted by Crippen LogP contribution is -2.53. The molecule has 20 heavy (non-hydrogen) atoms. The van der Waals surface area contributed by atoms with Gasteiger partial charge in [0.05, 0.1) is 11.1 Å². The van der Waals surface area contributed by atoms with E-state index in [0.29, 0.717) is 6.20 Å². The number of nitrogens with zero attached hydrogens (tertiary/aromatic N) is 1. The van der Waals surface area contributed by atoms with E-state index in [2.05, 4.69) is 15.9 Å². The molecule has 0 unspecified atom stereocenters. The standard InChI is InChI=1S/C9H9BrF2N2O6/c10-3-1-14(8(20)13-6(3)18)7(19)9(11,12)5(17)4(16)2-15/h1,4-5,15-17H,2H2,(H,13,18,20)/t4-,5+/m0/s1. The van der Waals surface area contributed by atoms with Crippen LogP contribution in [-0.4, -0.2) is 55.5 Å². The molecule has 1 aromatic rings. The third-order valence-electron chi connectivity index (χ3n) is 2.33. The summed E-state index contributed by atoms with van der Waals surface area (Å²) >= 11 is 2.64. The molecule has 0 aliphatic heterocycles. The van der Waals surface area contributed by atoms with E-state index in [-0.39, 0.29) is 9.04 Å². The van der Waals surface area contributed by atoms with Crippen molar-refractivity contribution in [1.29, 1.82) is 0 Å². The molecule has 0 amide bonds. The van der Waals surface area contributed by atoms with Gasteiger partial charge in [-0.15, -0.1) is 0 Å². The minimum absolute atomic E-state index is 0.126. The zero-order valence-electron chi connectivity index (χ0n) is 9.59. The van der Waals surface area contributed by atoms with Gasteiger partial charge in [0.15, 0.2) is 6.10 Å². The Bertz CT molecular complexity index is 628. The van der Waals surface area contributed by atoms with Crippen molar-refractivity contribution in [2.75, 3.05) is 6.61 Å². The molecule has 0 spiro atoms. The minimum Gasteiger partial charge on any atom is -0.394 e. The smallest absolute Gasteiger partial charge is 0.353 e. The zero-order chi connectivity index (χ0) is 15.7. The highest BCUT2D eigenvalue weighted by molar-refractivity contribution is 9.10. The molecule has 0 aliphatic carbocycles. The predicted octanol–water partition coefficient (Wildman–Crippen LogP) is -1.71. The number of hydrogen-bond acceptors (Lipinski definition) is 6. The van der Waals surface area contributed by atoms with Gasteiger partial charge in [-0.2, -0.15) is 8.78 Å². The molecule has 2 atom stereocenters. The first kappa shape index (κ1) is 16.6. The maximum Gasteiger partial charge on any atom is 0.353 e. The second-order valence-electron chi connectivity index (χ2n) is 3.73. The van der Waals surface area contributed by atoms with Crippen molar-refractivity contribution in [2.45, 2.75) is 18.1 Å². The maximum absolute atomic E-state index is 13.6. The zero-order valence-corrected chi connectivity index (χ0v) is 11.2. The Morgan fingerprint density at radius 2 is 2.00 bits per heavy atom. The fourth-order valence-electron chi connectivity index (χ4n) is 1.23. The molecule has 0 aliphatic rings. The Balaban J connectivity index is 3.27. The number of hydrogen-bond donors (Lipinski definition) is 4. The monoisotopic (exact) mass is 358 g/mol. The van der Waals surface area contributed by atoms with Crippen LogP contribution in [-0.2, 0) is 0 Å². The second kappa shape index (κ2) is 5.91. The fourth-order valence-corrected chi connectivity index (χ4v) is 1.53. The molecular formula is C9H9BrF2N2O6. The molecule has 0 saturated heterocycles. The number of aliphatic hydroxyl groups excluding tert-OH is 3. The molecule has 0 saturated carbocycles. The molecule has 8 nitrogen and oxygen atoms in total. The molecule has 1 heterocycles. The number of alkyl halides is 2. The molecule has 0 fully saturated rings.